The van der Waals surface area contributed by atoms with E-state index in [1.54, 1.807) is 0 Å². The Labute approximate surface area is 96.0 Å². The van der Waals surface area contributed by atoms with Crippen molar-refractivity contribution in [3.05, 3.63) is 48.0 Å². The summed E-state index contributed by atoms with van der Waals surface area (Å²) in [6.45, 7) is 2.21. The van der Waals surface area contributed by atoms with Crippen LogP contribution < -0.4 is 0 Å². The standard InChI is InChI=1S/C15H16O/c1-2-5-14-15(16-14)13-9-8-11-6-3-4-7-12(11)10-13/h3-4,6-10,14-15H,2,5H2,1H3/t14-,15-/m0/s1. The molecule has 0 bridgehead atoms. The smallest absolute Gasteiger partial charge is 0.109 e. The quantitative estimate of drug-likeness (QED) is 0.698. The van der Waals surface area contributed by atoms with E-state index in [-0.39, 0.29) is 0 Å². The largest absolute Gasteiger partial charge is 0.365 e. The van der Waals surface area contributed by atoms with E-state index in [0.717, 1.165) is 0 Å². The van der Waals surface area contributed by atoms with Crippen molar-refractivity contribution in [3.63, 3.8) is 0 Å². The summed E-state index contributed by atoms with van der Waals surface area (Å²) in [5, 5.41) is 2.62. The maximum atomic E-state index is 5.69. The van der Waals surface area contributed by atoms with E-state index in [0.29, 0.717) is 12.2 Å². The highest BCUT2D eigenvalue weighted by atomic mass is 16.6. The number of hydrogen-bond donors (Lipinski definition) is 0. The normalized spacial score (nSPS) is 23.6. The minimum absolute atomic E-state index is 0.351. The predicted molar refractivity (Wildman–Crippen MR) is 66.5 cm³/mol. The number of ether oxygens (including phenoxy) is 1. The van der Waals surface area contributed by atoms with Gasteiger partial charge in [0.1, 0.15) is 6.10 Å². The van der Waals surface area contributed by atoms with Crippen molar-refractivity contribution in [2.45, 2.75) is 32.0 Å². The Morgan fingerprint density at radius 2 is 1.88 bits per heavy atom. The van der Waals surface area contributed by atoms with Crippen molar-refractivity contribution >= 4 is 10.8 Å². The molecule has 2 aromatic rings. The van der Waals surface area contributed by atoms with Gasteiger partial charge in [-0.25, -0.2) is 0 Å². The average molecular weight is 212 g/mol. The third-order valence-electron chi connectivity index (χ3n) is 3.26. The Bertz CT molecular complexity index is 504. The van der Waals surface area contributed by atoms with Crippen molar-refractivity contribution in [3.8, 4) is 0 Å². The SMILES string of the molecule is CCC[C@@H]1O[C@H]1c1ccc2ccccc2c1. The summed E-state index contributed by atoms with van der Waals surface area (Å²) in [5.74, 6) is 0. The van der Waals surface area contributed by atoms with Crippen molar-refractivity contribution in [2.75, 3.05) is 0 Å². The maximum Gasteiger partial charge on any atom is 0.109 e. The number of fused-ring (bicyclic) bond motifs is 1. The molecule has 1 aliphatic heterocycles. The monoisotopic (exact) mass is 212 g/mol. The van der Waals surface area contributed by atoms with Crippen LogP contribution in [0.2, 0.25) is 0 Å². The third-order valence-corrected chi connectivity index (χ3v) is 3.26. The van der Waals surface area contributed by atoms with E-state index in [1.807, 2.05) is 0 Å². The number of epoxide rings is 1. The zero-order valence-electron chi connectivity index (χ0n) is 9.52. The molecule has 0 radical (unpaired) electrons. The first-order chi connectivity index (χ1) is 7.88. The fourth-order valence-corrected chi connectivity index (χ4v) is 2.32. The molecule has 2 atom stereocenters. The minimum Gasteiger partial charge on any atom is -0.365 e. The van der Waals surface area contributed by atoms with Crippen LogP contribution in [0.25, 0.3) is 10.8 Å². The van der Waals surface area contributed by atoms with E-state index < -0.39 is 0 Å². The summed E-state index contributed by atoms with van der Waals surface area (Å²) >= 11 is 0. The molecule has 1 heteroatoms. The van der Waals surface area contributed by atoms with Crippen LogP contribution >= 0.6 is 0 Å². The van der Waals surface area contributed by atoms with E-state index in [1.165, 1.54) is 29.2 Å². The van der Waals surface area contributed by atoms with E-state index in [9.17, 15) is 0 Å². The molecule has 16 heavy (non-hydrogen) atoms. The Morgan fingerprint density at radius 3 is 2.69 bits per heavy atom. The molecule has 82 valence electrons. The lowest BCUT2D eigenvalue weighted by atomic mass is 10.0. The van der Waals surface area contributed by atoms with Crippen molar-refractivity contribution in [1.29, 1.82) is 0 Å². The molecule has 0 amide bonds. The number of rotatable bonds is 3. The first-order valence-electron chi connectivity index (χ1n) is 6.02. The van der Waals surface area contributed by atoms with Crippen LogP contribution in [0.3, 0.4) is 0 Å². The van der Waals surface area contributed by atoms with Crippen LogP contribution in [-0.2, 0) is 4.74 Å². The molecule has 0 spiro atoms. The average Bonchev–Trinajstić information content (AvgIpc) is 3.08. The molecule has 3 rings (SSSR count). The van der Waals surface area contributed by atoms with Gasteiger partial charge >= 0.3 is 0 Å². The highest BCUT2D eigenvalue weighted by Crippen LogP contribution is 2.41. The number of benzene rings is 2. The van der Waals surface area contributed by atoms with Crippen LogP contribution in [0, 0.1) is 0 Å². The molecule has 0 N–H and O–H groups in total. The summed E-state index contributed by atoms with van der Waals surface area (Å²) in [7, 11) is 0. The zero-order chi connectivity index (χ0) is 11.0. The summed E-state index contributed by atoms with van der Waals surface area (Å²) in [4.78, 5) is 0. The van der Waals surface area contributed by atoms with Crippen molar-refractivity contribution in [2.24, 2.45) is 0 Å². The highest BCUT2D eigenvalue weighted by molar-refractivity contribution is 5.83. The van der Waals surface area contributed by atoms with Gasteiger partial charge in [0.2, 0.25) is 0 Å². The van der Waals surface area contributed by atoms with E-state index in [2.05, 4.69) is 49.4 Å². The lowest BCUT2D eigenvalue weighted by Gasteiger charge is -2.00. The zero-order valence-corrected chi connectivity index (χ0v) is 9.52. The predicted octanol–water partition coefficient (Wildman–Crippen LogP) is 4.08. The van der Waals surface area contributed by atoms with Crippen LogP contribution in [-0.4, -0.2) is 6.10 Å². The van der Waals surface area contributed by atoms with Gasteiger partial charge in [0.25, 0.3) is 0 Å². The fraction of sp³-hybridized carbons (Fsp3) is 0.333. The van der Waals surface area contributed by atoms with Gasteiger partial charge in [0, 0.05) is 0 Å². The molecule has 2 aromatic carbocycles. The Balaban J connectivity index is 1.89. The van der Waals surface area contributed by atoms with E-state index >= 15 is 0 Å². The summed E-state index contributed by atoms with van der Waals surface area (Å²) in [6, 6.07) is 15.1. The molecule has 1 saturated heterocycles. The van der Waals surface area contributed by atoms with Crippen LogP contribution in [0.5, 0.6) is 0 Å². The molecule has 0 aromatic heterocycles. The topological polar surface area (TPSA) is 12.5 Å². The summed E-state index contributed by atoms with van der Waals surface area (Å²) in [6.07, 6.45) is 3.20. The minimum atomic E-state index is 0.351. The molecular formula is C15H16O. The molecule has 1 fully saturated rings. The molecule has 0 aliphatic carbocycles. The van der Waals surface area contributed by atoms with Gasteiger partial charge in [-0.1, -0.05) is 49.7 Å². The maximum absolute atomic E-state index is 5.69. The Hall–Kier alpha value is -1.34. The van der Waals surface area contributed by atoms with Crippen molar-refractivity contribution < 1.29 is 4.74 Å². The van der Waals surface area contributed by atoms with Crippen LogP contribution in [0.15, 0.2) is 42.5 Å². The molecule has 0 unspecified atom stereocenters. The van der Waals surface area contributed by atoms with Gasteiger partial charge in [-0.05, 0) is 28.8 Å². The number of hydrogen-bond acceptors (Lipinski definition) is 1. The first kappa shape index (κ1) is 9.86. The fourth-order valence-electron chi connectivity index (χ4n) is 2.32. The van der Waals surface area contributed by atoms with Gasteiger partial charge in [-0.3, -0.25) is 0 Å². The van der Waals surface area contributed by atoms with Gasteiger partial charge in [0.15, 0.2) is 0 Å². The Morgan fingerprint density at radius 1 is 1.06 bits per heavy atom. The molecule has 0 saturated carbocycles. The first-order valence-corrected chi connectivity index (χ1v) is 6.02. The summed E-state index contributed by atoms with van der Waals surface area (Å²) < 4.78 is 5.69. The molecule has 1 nitrogen and oxygen atoms in total. The highest BCUT2D eigenvalue weighted by Gasteiger charge is 2.38. The molecular weight excluding hydrogens is 196 g/mol. The van der Waals surface area contributed by atoms with Crippen molar-refractivity contribution in [1.82, 2.24) is 0 Å². The van der Waals surface area contributed by atoms with Gasteiger partial charge in [-0.15, -0.1) is 0 Å². The lowest BCUT2D eigenvalue weighted by Crippen LogP contribution is -1.88. The van der Waals surface area contributed by atoms with Crippen LogP contribution in [0.4, 0.5) is 0 Å². The van der Waals surface area contributed by atoms with Gasteiger partial charge in [0.05, 0.1) is 6.10 Å². The second-order valence-corrected chi connectivity index (χ2v) is 4.49. The Kier molecular flexibility index (Phi) is 2.41. The van der Waals surface area contributed by atoms with Gasteiger partial charge in [-0.2, -0.15) is 0 Å². The van der Waals surface area contributed by atoms with E-state index in [4.69, 9.17) is 4.74 Å². The second kappa shape index (κ2) is 3.91. The van der Waals surface area contributed by atoms with Gasteiger partial charge < -0.3 is 4.74 Å². The second-order valence-electron chi connectivity index (χ2n) is 4.49. The molecule has 1 heterocycles. The molecule has 1 aliphatic rings. The lowest BCUT2D eigenvalue weighted by molar-refractivity contribution is 0.365. The third kappa shape index (κ3) is 1.72. The van der Waals surface area contributed by atoms with Crippen LogP contribution in [0.1, 0.15) is 31.4 Å². The summed E-state index contributed by atoms with van der Waals surface area (Å²) in [5.41, 5.74) is 1.33.